The maximum atomic E-state index is 13.7. The minimum absolute atomic E-state index is 0.196. The first-order valence-electron chi connectivity index (χ1n) is 11.3. The van der Waals surface area contributed by atoms with Gasteiger partial charge >= 0.3 is 0 Å². The van der Waals surface area contributed by atoms with E-state index in [1.54, 1.807) is 0 Å². The van der Waals surface area contributed by atoms with Crippen LogP contribution in [0.5, 0.6) is 0 Å². The number of nitrogens with zero attached hydrogens (tertiary/aromatic N) is 2. The fourth-order valence-electron chi connectivity index (χ4n) is 4.46. The van der Waals surface area contributed by atoms with E-state index in [4.69, 9.17) is 0 Å². The molecule has 34 heavy (non-hydrogen) atoms. The highest BCUT2D eigenvalue weighted by Gasteiger charge is 2.23. The number of rotatable bonds is 5. The van der Waals surface area contributed by atoms with Crippen molar-refractivity contribution in [2.24, 2.45) is 0 Å². The second-order valence-electron chi connectivity index (χ2n) is 8.53. The third-order valence-corrected chi connectivity index (χ3v) is 7.22. The maximum Gasteiger partial charge on any atom is 0.263 e. The lowest BCUT2D eigenvalue weighted by atomic mass is 10.0. The fourth-order valence-corrected chi connectivity index (χ4v) is 5.37. The van der Waals surface area contributed by atoms with Crippen molar-refractivity contribution in [1.82, 2.24) is 9.55 Å². The van der Waals surface area contributed by atoms with Gasteiger partial charge in [0.25, 0.3) is 5.56 Å². The molecule has 0 spiro atoms. The van der Waals surface area contributed by atoms with Crippen LogP contribution >= 0.6 is 11.3 Å². The van der Waals surface area contributed by atoms with Crippen LogP contribution in [0.2, 0.25) is 0 Å². The van der Waals surface area contributed by atoms with Gasteiger partial charge in [-0.1, -0.05) is 61.5 Å². The summed E-state index contributed by atoms with van der Waals surface area (Å²) in [5, 5.41) is 7.84. The van der Waals surface area contributed by atoms with Gasteiger partial charge in [0.15, 0.2) is 0 Å². The highest BCUT2D eigenvalue weighted by Crippen LogP contribution is 2.33. The summed E-state index contributed by atoms with van der Waals surface area (Å²) in [7, 11) is 0. The number of amides is 1. The Hall–Kier alpha value is -3.77. The Morgan fingerprint density at radius 3 is 2.50 bits per heavy atom. The second-order valence-corrected chi connectivity index (χ2v) is 9.39. The molecule has 0 aliphatic carbocycles. The van der Waals surface area contributed by atoms with E-state index in [1.807, 2.05) is 62.5 Å². The van der Waals surface area contributed by atoms with Gasteiger partial charge in [0, 0.05) is 16.6 Å². The molecule has 5 aromatic rings. The first kappa shape index (κ1) is 22.0. The van der Waals surface area contributed by atoms with Crippen molar-refractivity contribution in [1.29, 1.82) is 0 Å². The molecule has 1 amide bonds. The van der Waals surface area contributed by atoms with Crippen LogP contribution in [-0.4, -0.2) is 15.5 Å². The monoisotopic (exact) mass is 467 g/mol. The Labute approximate surface area is 201 Å². The third-order valence-electron chi connectivity index (χ3n) is 6.33. The van der Waals surface area contributed by atoms with E-state index in [-0.39, 0.29) is 11.5 Å². The first-order valence-corrected chi connectivity index (χ1v) is 12.2. The number of fused-ring (bicyclic) bond motifs is 2. The summed E-state index contributed by atoms with van der Waals surface area (Å²) in [6.45, 7) is 5.83. The van der Waals surface area contributed by atoms with Crippen LogP contribution in [-0.2, 0) is 4.79 Å². The molecule has 0 bridgehead atoms. The number of benzene rings is 3. The van der Waals surface area contributed by atoms with Crippen LogP contribution in [0.25, 0.3) is 32.1 Å². The molecule has 0 radical (unpaired) electrons. The molecule has 0 saturated carbocycles. The zero-order valence-corrected chi connectivity index (χ0v) is 20.1. The highest BCUT2D eigenvalue weighted by atomic mass is 32.1. The Morgan fingerprint density at radius 1 is 1.03 bits per heavy atom. The van der Waals surface area contributed by atoms with Crippen LogP contribution in [0, 0.1) is 13.8 Å². The highest BCUT2D eigenvalue weighted by molar-refractivity contribution is 7.17. The Bertz CT molecular complexity index is 1580. The topological polar surface area (TPSA) is 64.0 Å². The molecule has 5 rings (SSSR count). The SMILES string of the molecule is CCC(C(=O)Nc1c(C)cccc1C)n1cnc2scc(-c3ccc4ccccc4c3)c2c1=O. The van der Waals surface area contributed by atoms with Gasteiger partial charge in [-0.2, -0.15) is 0 Å². The van der Waals surface area contributed by atoms with Gasteiger partial charge in [-0.05, 0) is 53.8 Å². The number of thiophene rings is 1. The van der Waals surface area contributed by atoms with Gasteiger partial charge in [-0.15, -0.1) is 11.3 Å². The summed E-state index contributed by atoms with van der Waals surface area (Å²) in [6, 6.07) is 19.6. The van der Waals surface area contributed by atoms with Crippen LogP contribution in [0.3, 0.4) is 0 Å². The molecular formula is C28H25N3O2S. The van der Waals surface area contributed by atoms with Crippen LogP contribution < -0.4 is 10.9 Å². The smallest absolute Gasteiger partial charge is 0.263 e. The van der Waals surface area contributed by atoms with E-state index in [9.17, 15) is 9.59 Å². The summed E-state index contributed by atoms with van der Waals surface area (Å²) >= 11 is 1.45. The number of hydrogen-bond donors (Lipinski definition) is 1. The molecule has 1 N–H and O–H groups in total. The number of anilines is 1. The largest absolute Gasteiger partial charge is 0.324 e. The molecule has 0 saturated heterocycles. The number of aromatic nitrogens is 2. The van der Waals surface area contributed by atoms with Gasteiger partial charge in [0.2, 0.25) is 5.91 Å². The molecule has 3 aromatic carbocycles. The van der Waals surface area contributed by atoms with E-state index < -0.39 is 6.04 Å². The van der Waals surface area contributed by atoms with Crippen molar-refractivity contribution in [2.75, 3.05) is 5.32 Å². The summed E-state index contributed by atoms with van der Waals surface area (Å²) in [4.78, 5) is 32.2. The number of aryl methyl sites for hydroxylation is 2. The summed E-state index contributed by atoms with van der Waals surface area (Å²) < 4.78 is 1.47. The Kier molecular flexibility index (Phi) is 5.75. The molecule has 1 unspecified atom stereocenters. The van der Waals surface area contributed by atoms with Crippen LogP contribution in [0.15, 0.2) is 77.2 Å². The number of carbonyl (C=O) groups excluding carboxylic acids is 1. The van der Waals surface area contributed by atoms with E-state index >= 15 is 0 Å². The molecule has 6 heteroatoms. The molecule has 2 heterocycles. The lowest BCUT2D eigenvalue weighted by Crippen LogP contribution is -2.33. The molecule has 0 fully saturated rings. The lowest BCUT2D eigenvalue weighted by Gasteiger charge is -2.19. The van der Waals surface area contributed by atoms with Crippen molar-refractivity contribution >= 4 is 43.9 Å². The second kappa shape index (κ2) is 8.88. The zero-order valence-electron chi connectivity index (χ0n) is 19.3. The van der Waals surface area contributed by atoms with Crippen molar-refractivity contribution in [3.63, 3.8) is 0 Å². The van der Waals surface area contributed by atoms with E-state index in [2.05, 4.69) is 34.6 Å². The summed E-state index contributed by atoms with van der Waals surface area (Å²) in [6.07, 6.45) is 1.98. The summed E-state index contributed by atoms with van der Waals surface area (Å²) in [5.41, 5.74) is 4.39. The number of hydrogen-bond acceptors (Lipinski definition) is 4. The molecule has 5 nitrogen and oxygen atoms in total. The van der Waals surface area contributed by atoms with E-state index in [0.717, 1.165) is 38.7 Å². The predicted molar refractivity (Wildman–Crippen MR) is 141 cm³/mol. The van der Waals surface area contributed by atoms with E-state index in [1.165, 1.54) is 22.2 Å². The zero-order chi connectivity index (χ0) is 23.8. The molecule has 0 aliphatic rings. The van der Waals surface area contributed by atoms with Gasteiger partial charge in [-0.25, -0.2) is 4.98 Å². The van der Waals surface area contributed by atoms with Crippen LogP contribution in [0.4, 0.5) is 5.69 Å². The van der Waals surface area contributed by atoms with Crippen molar-refractivity contribution in [3.05, 3.63) is 93.9 Å². The van der Waals surface area contributed by atoms with Gasteiger partial charge < -0.3 is 5.32 Å². The molecular weight excluding hydrogens is 442 g/mol. The molecule has 170 valence electrons. The van der Waals surface area contributed by atoms with Crippen molar-refractivity contribution < 1.29 is 4.79 Å². The molecule has 0 aliphatic heterocycles. The maximum absolute atomic E-state index is 13.7. The predicted octanol–water partition coefficient (Wildman–Crippen LogP) is 6.48. The van der Waals surface area contributed by atoms with Crippen molar-refractivity contribution in [2.45, 2.75) is 33.2 Å². The molecule has 1 atom stereocenters. The fraction of sp³-hybridized carbons (Fsp3) is 0.179. The minimum atomic E-state index is -0.659. The van der Waals surface area contributed by atoms with Crippen LogP contribution in [0.1, 0.15) is 30.5 Å². The average molecular weight is 468 g/mol. The third kappa shape index (κ3) is 3.80. The standard InChI is InChI=1S/C28H25N3O2S/c1-4-23(26(32)30-25-17(2)8-7-9-18(25)3)31-16-29-27-24(28(31)33)22(15-34-27)21-13-12-19-10-5-6-11-20(19)14-21/h5-16,23H,4H2,1-3H3,(H,30,32). The number of nitrogens with one attached hydrogen (secondary N) is 1. The number of para-hydroxylation sites is 1. The van der Waals surface area contributed by atoms with Gasteiger partial charge in [0.05, 0.1) is 11.7 Å². The number of carbonyl (C=O) groups is 1. The van der Waals surface area contributed by atoms with E-state index in [0.29, 0.717) is 16.6 Å². The summed E-state index contributed by atoms with van der Waals surface area (Å²) in [5.74, 6) is -0.217. The quantitative estimate of drug-likeness (QED) is 0.321. The molecule has 2 aromatic heterocycles. The average Bonchev–Trinajstić information content (AvgIpc) is 3.28. The Morgan fingerprint density at radius 2 is 1.76 bits per heavy atom. The van der Waals surface area contributed by atoms with Gasteiger partial charge in [-0.3, -0.25) is 14.2 Å². The lowest BCUT2D eigenvalue weighted by molar-refractivity contribution is -0.119. The normalized spacial score (nSPS) is 12.2. The first-order chi connectivity index (χ1) is 16.5. The Balaban J connectivity index is 1.58. The van der Waals surface area contributed by atoms with Crippen molar-refractivity contribution in [3.8, 4) is 11.1 Å². The van der Waals surface area contributed by atoms with Gasteiger partial charge in [0.1, 0.15) is 10.9 Å². The minimum Gasteiger partial charge on any atom is -0.324 e.